The Balaban J connectivity index is 0.000000248. The van der Waals surface area contributed by atoms with Gasteiger partial charge in [0.25, 0.3) is 0 Å². The van der Waals surface area contributed by atoms with Crippen LogP contribution in [0.15, 0.2) is 71.6 Å². The zero-order valence-electron chi connectivity index (χ0n) is 22.6. The van der Waals surface area contributed by atoms with Gasteiger partial charge < -0.3 is 23.4 Å². The molecule has 0 aliphatic carbocycles. The summed E-state index contributed by atoms with van der Waals surface area (Å²) in [7, 11) is 5.37. The number of hydrogen-bond acceptors (Lipinski definition) is 7. The van der Waals surface area contributed by atoms with E-state index in [-0.39, 0.29) is 0 Å². The van der Waals surface area contributed by atoms with Crippen LogP contribution in [0.2, 0.25) is 0 Å². The van der Waals surface area contributed by atoms with E-state index in [2.05, 4.69) is 86.1 Å². The van der Waals surface area contributed by atoms with Crippen molar-refractivity contribution in [2.24, 2.45) is 0 Å². The number of anilines is 1. The highest BCUT2D eigenvalue weighted by molar-refractivity contribution is 7.95. The number of ether oxygens (including phenoxy) is 2. The zero-order valence-corrected chi connectivity index (χ0v) is 23.5. The lowest BCUT2D eigenvalue weighted by Crippen LogP contribution is -2.55. The van der Waals surface area contributed by atoms with E-state index in [9.17, 15) is 4.79 Å². The van der Waals surface area contributed by atoms with Gasteiger partial charge in [0.05, 0.1) is 26.3 Å². The van der Waals surface area contributed by atoms with Gasteiger partial charge in [-0.3, -0.25) is 4.90 Å². The highest BCUT2D eigenvalue weighted by Gasteiger charge is 2.26. The number of likely N-dealkylation sites (N-methyl/N-ethyl adjacent to an activating group) is 1. The number of piperazine rings is 1. The monoisotopic (exact) mass is 522 g/mol. The maximum Gasteiger partial charge on any atom is 0.161 e. The standard InChI is InChI=1S/C20H26N2OS.C10H12O3/c1-15-5-11-20(12-6-15)24-23-19-9-7-18(8-10-19)22-13-16(2)21(4)17(3)14-22;1-12-9-4-3-8(5-6-11)7-10(9)13-2/h5-12,16-17H,13-14H2,1-4H3;3-4,6-7H,5H2,1-2H3. The van der Waals surface area contributed by atoms with Crippen LogP contribution < -0.4 is 18.6 Å². The molecule has 0 amide bonds. The third-order valence-electron chi connectivity index (χ3n) is 6.58. The minimum atomic E-state index is 0.403. The Morgan fingerprint density at radius 3 is 2.08 bits per heavy atom. The van der Waals surface area contributed by atoms with Gasteiger partial charge in [-0.05, 0) is 81.9 Å². The fourth-order valence-electron chi connectivity index (χ4n) is 4.12. The SMILES string of the molecule is COc1ccc(CC=O)cc1OC.Cc1ccc(SOc2ccc(N3CC(C)N(C)C(C)C3)cc2)cc1. The average molecular weight is 523 g/mol. The van der Waals surface area contributed by atoms with E-state index in [0.29, 0.717) is 30.0 Å². The average Bonchev–Trinajstić information content (AvgIpc) is 2.92. The van der Waals surface area contributed by atoms with Gasteiger partial charge in [-0.1, -0.05) is 23.8 Å². The minimum Gasteiger partial charge on any atom is -0.493 e. The smallest absolute Gasteiger partial charge is 0.161 e. The molecule has 0 radical (unpaired) electrons. The molecule has 3 aromatic carbocycles. The number of hydrogen-bond donors (Lipinski definition) is 0. The van der Waals surface area contributed by atoms with E-state index < -0.39 is 0 Å². The molecule has 2 unspecified atom stereocenters. The molecule has 1 heterocycles. The van der Waals surface area contributed by atoms with E-state index in [1.807, 2.05) is 6.07 Å². The van der Waals surface area contributed by atoms with Gasteiger partial charge in [0.15, 0.2) is 11.5 Å². The van der Waals surface area contributed by atoms with Gasteiger partial charge in [0.2, 0.25) is 0 Å². The molecular formula is C30H38N2O4S. The molecule has 4 rings (SSSR count). The summed E-state index contributed by atoms with van der Waals surface area (Å²) < 4.78 is 16.0. The maximum atomic E-state index is 10.3. The number of methoxy groups -OCH3 is 2. The fraction of sp³-hybridized carbons (Fsp3) is 0.367. The molecule has 7 heteroatoms. The molecule has 0 saturated carbocycles. The van der Waals surface area contributed by atoms with Crippen molar-refractivity contribution in [3.05, 3.63) is 77.9 Å². The zero-order chi connectivity index (χ0) is 26.8. The molecule has 1 saturated heterocycles. The molecule has 0 N–H and O–H groups in total. The molecule has 0 aromatic heterocycles. The number of nitrogens with zero attached hydrogens (tertiary/aromatic N) is 2. The van der Waals surface area contributed by atoms with Crippen molar-refractivity contribution in [2.45, 2.75) is 44.2 Å². The quantitative estimate of drug-likeness (QED) is 0.263. The van der Waals surface area contributed by atoms with Crippen molar-refractivity contribution < 1.29 is 18.5 Å². The van der Waals surface area contributed by atoms with Crippen LogP contribution in [0.25, 0.3) is 0 Å². The third-order valence-corrected chi connectivity index (χ3v) is 7.32. The third kappa shape index (κ3) is 8.17. The molecule has 1 aliphatic rings. The van der Waals surface area contributed by atoms with Crippen LogP contribution in [-0.2, 0) is 11.2 Å². The van der Waals surface area contributed by atoms with Crippen molar-refractivity contribution in [1.82, 2.24) is 4.90 Å². The van der Waals surface area contributed by atoms with E-state index in [4.69, 9.17) is 13.7 Å². The summed E-state index contributed by atoms with van der Waals surface area (Å²) >= 11 is 1.40. The molecule has 1 aliphatic heterocycles. The number of benzene rings is 3. The molecule has 1 fully saturated rings. The fourth-order valence-corrected chi connectivity index (χ4v) is 4.67. The van der Waals surface area contributed by atoms with Crippen molar-refractivity contribution in [2.75, 3.05) is 39.3 Å². The Labute approximate surface area is 225 Å². The Kier molecular flexibility index (Phi) is 10.7. The second-order valence-electron chi connectivity index (χ2n) is 9.30. The van der Waals surface area contributed by atoms with Crippen LogP contribution in [0.5, 0.6) is 17.2 Å². The summed E-state index contributed by atoms with van der Waals surface area (Å²) in [5.74, 6) is 2.22. The van der Waals surface area contributed by atoms with E-state index in [1.54, 1.807) is 26.4 Å². The normalized spacial score (nSPS) is 17.4. The molecule has 0 bridgehead atoms. The lowest BCUT2D eigenvalue weighted by molar-refractivity contribution is -0.107. The van der Waals surface area contributed by atoms with Gasteiger partial charge in [-0.25, -0.2) is 0 Å². The number of aldehydes is 1. The van der Waals surface area contributed by atoms with Gasteiger partial charge in [0.1, 0.15) is 12.0 Å². The molecule has 198 valence electrons. The molecule has 3 aromatic rings. The summed E-state index contributed by atoms with van der Waals surface area (Å²) in [4.78, 5) is 16.3. The molecular weight excluding hydrogens is 484 g/mol. The van der Waals surface area contributed by atoms with Crippen LogP contribution in [0, 0.1) is 6.92 Å². The van der Waals surface area contributed by atoms with Crippen molar-refractivity contribution in [3.63, 3.8) is 0 Å². The van der Waals surface area contributed by atoms with Gasteiger partial charge >= 0.3 is 0 Å². The summed E-state index contributed by atoms with van der Waals surface area (Å²) in [6.07, 6.45) is 1.27. The molecule has 6 nitrogen and oxygen atoms in total. The van der Waals surface area contributed by atoms with Crippen LogP contribution in [0.3, 0.4) is 0 Å². The second-order valence-corrected chi connectivity index (χ2v) is 10.1. The number of aryl methyl sites for hydroxylation is 1. The minimum absolute atomic E-state index is 0.403. The first-order valence-corrected chi connectivity index (χ1v) is 13.2. The Morgan fingerprint density at radius 1 is 0.892 bits per heavy atom. The lowest BCUT2D eigenvalue weighted by atomic mass is 10.1. The highest BCUT2D eigenvalue weighted by atomic mass is 32.2. The van der Waals surface area contributed by atoms with Crippen LogP contribution in [-0.4, -0.2) is 57.6 Å². The first-order chi connectivity index (χ1) is 17.8. The Morgan fingerprint density at radius 2 is 1.51 bits per heavy atom. The first kappa shape index (κ1) is 28.4. The van der Waals surface area contributed by atoms with Crippen LogP contribution in [0.1, 0.15) is 25.0 Å². The largest absolute Gasteiger partial charge is 0.493 e. The van der Waals surface area contributed by atoms with Crippen molar-refractivity contribution in [3.8, 4) is 17.2 Å². The molecule has 2 atom stereocenters. The second kappa shape index (κ2) is 14.0. The van der Waals surface area contributed by atoms with Crippen LogP contribution >= 0.6 is 12.0 Å². The number of carbonyl (C=O) groups excluding carboxylic acids is 1. The van der Waals surface area contributed by atoms with Crippen molar-refractivity contribution in [1.29, 1.82) is 0 Å². The summed E-state index contributed by atoms with van der Waals surface area (Å²) in [5.41, 5.74) is 3.46. The summed E-state index contributed by atoms with van der Waals surface area (Å²) in [6.45, 7) is 8.81. The number of rotatable bonds is 8. The Hall–Kier alpha value is -3.16. The first-order valence-electron chi connectivity index (χ1n) is 12.5. The Bertz CT molecular complexity index is 1110. The summed E-state index contributed by atoms with van der Waals surface area (Å²) in [6, 6.07) is 23.4. The topological polar surface area (TPSA) is 51.2 Å². The summed E-state index contributed by atoms with van der Waals surface area (Å²) in [5, 5.41) is 0. The number of carbonyl (C=O) groups is 1. The predicted octanol–water partition coefficient (Wildman–Crippen LogP) is 6.06. The maximum absolute atomic E-state index is 10.3. The van der Waals surface area contributed by atoms with E-state index >= 15 is 0 Å². The van der Waals surface area contributed by atoms with Gasteiger partial charge in [-0.15, -0.1) is 0 Å². The van der Waals surface area contributed by atoms with Crippen molar-refractivity contribution >= 4 is 24.0 Å². The van der Waals surface area contributed by atoms with Gasteiger partial charge in [-0.2, -0.15) is 0 Å². The molecule has 37 heavy (non-hydrogen) atoms. The van der Waals surface area contributed by atoms with Crippen LogP contribution in [0.4, 0.5) is 5.69 Å². The predicted molar refractivity (Wildman–Crippen MR) is 152 cm³/mol. The van der Waals surface area contributed by atoms with Gasteiger partial charge in [0, 0.05) is 42.2 Å². The highest BCUT2D eigenvalue weighted by Crippen LogP contribution is 2.28. The van der Waals surface area contributed by atoms with E-state index in [0.717, 1.165) is 35.6 Å². The lowest BCUT2D eigenvalue weighted by Gasteiger charge is -2.43. The molecule has 0 spiro atoms. The van der Waals surface area contributed by atoms with E-state index in [1.165, 1.54) is 23.3 Å².